The van der Waals surface area contributed by atoms with Crippen molar-refractivity contribution in [1.29, 1.82) is 0 Å². The maximum Gasteiger partial charge on any atom is 0.265 e. The standard InChI is InChI=1S/C20H19N3O2S2/c1-12-8-9-15-17(11-12)27-20(22-15)23-18(24)13-5-2-3-6-14(13)21-19(25)16-7-4-10-26-16/h2-7,10,12H,8-9,11H2,1H3,(H,21,25)(H,22,23,24). The van der Waals surface area contributed by atoms with E-state index < -0.39 is 0 Å². The summed E-state index contributed by atoms with van der Waals surface area (Å²) in [4.78, 5) is 31.6. The summed E-state index contributed by atoms with van der Waals surface area (Å²) >= 11 is 2.91. The molecular formula is C20H19N3O2S2. The van der Waals surface area contributed by atoms with E-state index >= 15 is 0 Å². The zero-order chi connectivity index (χ0) is 18.8. The molecule has 1 atom stereocenters. The van der Waals surface area contributed by atoms with Gasteiger partial charge in [-0.25, -0.2) is 4.98 Å². The number of nitrogens with one attached hydrogen (secondary N) is 2. The van der Waals surface area contributed by atoms with E-state index in [4.69, 9.17) is 0 Å². The molecule has 1 aliphatic rings. The molecule has 0 bridgehead atoms. The Balaban J connectivity index is 1.52. The van der Waals surface area contributed by atoms with Crippen molar-refractivity contribution in [2.75, 3.05) is 10.6 Å². The van der Waals surface area contributed by atoms with E-state index in [1.165, 1.54) is 16.2 Å². The number of para-hydroxylation sites is 1. The fourth-order valence-corrected chi connectivity index (χ4v) is 4.92. The number of fused-ring (bicyclic) bond motifs is 1. The van der Waals surface area contributed by atoms with Gasteiger partial charge in [0.15, 0.2) is 5.13 Å². The Bertz CT molecular complexity index is 979. The highest BCUT2D eigenvalue weighted by Crippen LogP contribution is 2.32. The van der Waals surface area contributed by atoms with Gasteiger partial charge in [0, 0.05) is 4.88 Å². The van der Waals surface area contributed by atoms with Gasteiger partial charge in [-0.1, -0.05) is 25.1 Å². The Morgan fingerprint density at radius 2 is 1.96 bits per heavy atom. The fourth-order valence-electron chi connectivity index (χ4n) is 3.14. The molecule has 2 N–H and O–H groups in total. The van der Waals surface area contributed by atoms with Crippen LogP contribution in [0.3, 0.4) is 0 Å². The summed E-state index contributed by atoms with van der Waals surface area (Å²) < 4.78 is 0. The SMILES string of the molecule is CC1CCc2nc(NC(=O)c3ccccc3NC(=O)c3cccs3)sc2C1. The molecule has 0 radical (unpaired) electrons. The van der Waals surface area contributed by atoms with Crippen molar-refractivity contribution in [1.82, 2.24) is 4.98 Å². The predicted octanol–water partition coefficient (Wildman–Crippen LogP) is 4.83. The Kier molecular flexibility index (Phi) is 5.05. The van der Waals surface area contributed by atoms with E-state index in [-0.39, 0.29) is 11.8 Å². The number of carbonyl (C=O) groups excluding carboxylic acids is 2. The summed E-state index contributed by atoms with van der Waals surface area (Å²) in [6.07, 6.45) is 3.13. The maximum atomic E-state index is 12.8. The second-order valence-corrected chi connectivity index (χ2v) is 8.70. The van der Waals surface area contributed by atoms with Gasteiger partial charge < -0.3 is 5.32 Å². The molecule has 7 heteroatoms. The second kappa shape index (κ2) is 7.62. The van der Waals surface area contributed by atoms with Crippen LogP contribution in [0.5, 0.6) is 0 Å². The van der Waals surface area contributed by atoms with Crippen molar-refractivity contribution >= 4 is 45.3 Å². The summed E-state index contributed by atoms with van der Waals surface area (Å²) in [5.41, 5.74) is 2.01. The minimum Gasteiger partial charge on any atom is -0.321 e. The second-order valence-electron chi connectivity index (χ2n) is 6.67. The van der Waals surface area contributed by atoms with Crippen molar-refractivity contribution in [3.63, 3.8) is 0 Å². The summed E-state index contributed by atoms with van der Waals surface area (Å²) in [6, 6.07) is 10.6. The minimum absolute atomic E-state index is 0.219. The lowest BCUT2D eigenvalue weighted by atomic mass is 9.93. The molecule has 27 heavy (non-hydrogen) atoms. The number of aromatic nitrogens is 1. The molecule has 1 unspecified atom stereocenters. The van der Waals surface area contributed by atoms with Gasteiger partial charge in [0.25, 0.3) is 11.8 Å². The topological polar surface area (TPSA) is 71.1 Å². The molecule has 2 heterocycles. The van der Waals surface area contributed by atoms with Crippen molar-refractivity contribution in [3.8, 4) is 0 Å². The zero-order valence-electron chi connectivity index (χ0n) is 14.8. The van der Waals surface area contributed by atoms with E-state index in [1.807, 2.05) is 11.4 Å². The Morgan fingerprint density at radius 1 is 1.11 bits per heavy atom. The highest BCUT2D eigenvalue weighted by molar-refractivity contribution is 7.16. The van der Waals surface area contributed by atoms with E-state index in [0.717, 1.165) is 25.0 Å². The number of benzene rings is 1. The first kappa shape index (κ1) is 17.9. The predicted molar refractivity (Wildman–Crippen MR) is 110 cm³/mol. The number of aryl methyl sites for hydroxylation is 1. The molecule has 0 saturated heterocycles. The van der Waals surface area contributed by atoms with E-state index in [0.29, 0.717) is 27.2 Å². The van der Waals surface area contributed by atoms with Crippen LogP contribution in [0.1, 0.15) is 43.9 Å². The Morgan fingerprint density at radius 3 is 2.78 bits per heavy atom. The summed E-state index contributed by atoms with van der Waals surface area (Å²) in [5.74, 6) is 0.176. The summed E-state index contributed by atoms with van der Waals surface area (Å²) in [5, 5.41) is 8.20. The quantitative estimate of drug-likeness (QED) is 0.662. The lowest BCUT2D eigenvalue weighted by Gasteiger charge is -2.15. The van der Waals surface area contributed by atoms with E-state index in [1.54, 1.807) is 41.7 Å². The average Bonchev–Trinajstić information content (AvgIpc) is 3.31. The molecule has 3 aromatic rings. The van der Waals surface area contributed by atoms with Gasteiger partial charge in [0.05, 0.1) is 21.8 Å². The number of amides is 2. The first-order valence-electron chi connectivity index (χ1n) is 8.84. The van der Waals surface area contributed by atoms with Crippen LogP contribution in [0, 0.1) is 5.92 Å². The maximum absolute atomic E-state index is 12.8. The molecule has 2 amide bonds. The van der Waals surface area contributed by atoms with Gasteiger partial charge in [-0.05, 0) is 48.8 Å². The van der Waals surface area contributed by atoms with Crippen molar-refractivity contribution in [2.45, 2.75) is 26.2 Å². The highest BCUT2D eigenvalue weighted by Gasteiger charge is 2.21. The van der Waals surface area contributed by atoms with Crippen LogP contribution >= 0.6 is 22.7 Å². The van der Waals surface area contributed by atoms with Crippen molar-refractivity contribution < 1.29 is 9.59 Å². The van der Waals surface area contributed by atoms with E-state index in [9.17, 15) is 9.59 Å². The van der Waals surface area contributed by atoms with Crippen LogP contribution in [0.15, 0.2) is 41.8 Å². The number of hydrogen-bond donors (Lipinski definition) is 2. The Labute approximate surface area is 165 Å². The number of nitrogens with zero attached hydrogens (tertiary/aromatic N) is 1. The average molecular weight is 398 g/mol. The molecule has 5 nitrogen and oxygen atoms in total. The van der Waals surface area contributed by atoms with E-state index in [2.05, 4.69) is 22.5 Å². The van der Waals surface area contributed by atoms with Crippen molar-refractivity contribution in [2.24, 2.45) is 5.92 Å². The summed E-state index contributed by atoms with van der Waals surface area (Å²) in [7, 11) is 0. The van der Waals surface area contributed by atoms with Gasteiger partial charge in [0.1, 0.15) is 0 Å². The van der Waals surface area contributed by atoms with Crippen LogP contribution in [0.2, 0.25) is 0 Å². The molecule has 0 saturated carbocycles. The number of hydrogen-bond acceptors (Lipinski definition) is 5. The van der Waals surface area contributed by atoms with Gasteiger partial charge >= 0.3 is 0 Å². The van der Waals surface area contributed by atoms with Crippen molar-refractivity contribution in [3.05, 3.63) is 62.8 Å². The number of carbonyl (C=O) groups is 2. The van der Waals surface area contributed by atoms with Crippen LogP contribution < -0.4 is 10.6 Å². The number of thiazole rings is 1. The minimum atomic E-state index is -0.267. The molecule has 1 aliphatic carbocycles. The largest absolute Gasteiger partial charge is 0.321 e. The van der Waals surface area contributed by atoms with Gasteiger partial charge in [-0.3, -0.25) is 14.9 Å². The van der Waals surface area contributed by atoms with Crippen LogP contribution in [-0.4, -0.2) is 16.8 Å². The molecule has 0 aliphatic heterocycles. The normalized spacial score (nSPS) is 15.8. The van der Waals surface area contributed by atoms with Crippen LogP contribution in [0.25, 0.3) is 0 Å². The lowest BCUT2D eigenvalue weighted by molar-refractivity contribution is 0.102. The molecule has 4 rings (SSSR count). The first-order chi connectivity index (χ1) is 13.1. The highest BCUT2D eigenvalue weighted by atomic mass is 32.1. The van der Waals surface area contributed by atoms with Crippen LogP contribution in [-0.2, 0) is 12.8 Å². The molecule has 2 aromatic heterocycles. The fraction of sp³-hybridized carbons (Fsp3) is 0.250. The van der Waals surface area contributed by atoms with Crippen LogP contribution in [0.4, 0.5) is 10.8 Å². The third-order valence-electron chi connectivity index (χ3n) is 4.57. The Hall–Kier alpha value is -2.51. The number of thiophene rings is 1. The molecule has 0 fully saturated rings. The third kappa shape index (κ3) is 3.94. The monoisotopic (exact) mass is 397 g/mol. The third-order valence-corrected chi connectivity index (χ3v) is 6.48. The molecule has 0 spiro atoms. The zero-order valence-corrected chi connectivity index (χ0v) is 16.5. The lowest BCUT2D eigenvalue weighted by Crippen LogP contribution is -2.17. The van der Waals surface area contributed by atoms with Gasteiger partial charge in [-0.2, -0.15) is 0 Å². The molecule has 138 valence electrons. The first-order valence-corrected chi connectivity index (χ1v) is 10.5. The number of rotatable bonds is 4. The van der Waals surface area contributed by atoms with Gasteiger partial charge in [0.2, 0.25) is 0 Å². The van der Waals surface area contributed by atoms with Gasteiger partial charge in [-0.15, -0.1) is 22.7 Å². The molecule has 1 aromatic carbocycles. The summed E-state index contributed by atoms with van der Waals surface area (Å²) in [6.45, 7) is 2.24. The smallest absolute Gasteiger partial charge is 0.265 e. The number of anilines is 2. The molecular weight excluding hydrogens is 378 g/mol.